The number of anilines is 1. The van der Waals surface area contributed by atoms with Crippen LogP contribution in [-0.4, -0.2) is 61.3 Å². The quantitative estimate of drug-likeness (QED) is 0.360. The number of phosphoric ester groups is 1. The first-order valence-electron chi connectivity index (χ1n) is 10.3. The summed E-state index contributed by atoms with van der Waals surface area (Å²) in [6, 6.07) is 6.96. The molecule has 1 aromatic carbocycles. The van der Waals surface area contributed by atoms with Gasteiger partial charge in [-0.2, -0.15) is 4.98 Å². The first kappa shape index (κ1) is 23.4. The molecule has 0 saturated carbocycles. The first-order valence-corrected chi connectivity index (χ1v) is 12.1. The maximum Gasteiger partial charge on any atom is 0.475 e. The lowest BCUT2D eigenvalue weighted by molar-refractivity contribution is -0.0578. The van der Waals surface area contributed by atoms with Gasteiger partial charge in [-0.05, 0) is 17.7 Å². The summed E-state index contributed by atoms with van der Waals surface area (Å²) in [6.07, 6.45) is -3.97. The van der Waals surface area contributed by atoms with E-state index in [-0.39, 0.29) is 23.7 Å². The number of aromatic nitrogens is 4. The Balaban J connectivity index is 1.29. The number of nitrogens with two attached hydrogens (primary N) is 1. The second-order valence-electron chi connectivity index (χ2n) is 7.84. The molecule has 5 rings (SSSR count). The number of fused-ring (bicyclic) bond motifs is 1. The van der Waals surface area contributed by atoms with Crippen molar-refractivity contribution in [2.75, 3.05) is 18.9 Å². The average molecular weight is 514 g/mol. The SMILES string of the molecule is Nc1nc2c(ncn2[C@@H]2O[C@H](COP3(=O)OCC[C@@H](c4cccc(Cl)c4)O3)[C@@H](O)[C@H]2O)c(=O)[nH]1. The van der Waals surface area contributed by atoms with E-state index < -0.39 is 50.6 Å². The van der Waals surface area contributed by atoms with E-state index in [4.69, 9.17) is 35.6 Å². The molecule has 15 heteroatoms. The summed E-state index contributed by atoms with van der Waals surface area (Å²) < 4.78 is 36.3. The highest BCUT2D eigenvalue weighted by Gasteiger charge is 2.46. The van der Waals surface area contributed by atoms with Crippen molar-refractivity contribution in [2.24, 2.45) is 0 Å². The molecular formula is C19H21ClN5O8P. The van der Waals surface area contributed by atoms with Crippen LogP contribution in [-0.2, 0) is 22.9 Å². The molecule has 2 aromatic heterocycles. The van der Waals surface area contributed by atoms with Gasteiger partial charge >= 0.3 is 7.82 Å². The Morgan fingerprint density at radius 1 is 1.35 bits per heavy atom. The fraction of sp³-hybridized carbons (Fsp3) is 0.421. The molecule has 0 radical (unpaired) electrons. The Bertz CT molecular complexity index is 1320. The van der Waals surface area contributed by atoms with Gasteiger partial charge < -0.3 is 20.7 Å². The summed E-state index contributed by atoms with van der Waals surface area (Å²) in [6.45, 7) is -0.284. The van der Waals surface area contributed by atoms with Crippen molar-refractivity contribution in [3.63, 3.8) is 0 Å². The number of nitrogens with zero attached hydrogens (tertiary/aromatic N) is 3. The van der Waals surface area contributed by atoms with E-state index in [0.29, 0.717) is 11.4 Å². The number of imidazole rings is 1. The molecule has 5 N–H and O–H groups in total. The zero-order chi connectivity index (χ0) is 24.0. The minimum atomic E-state index is -3.99. The van der Waals surface area contributed by atoms with E-state index in [9.17, 15) is 19.6 Å². The number of H-pyrrole nitrogens is 1. The van der Waals surface area contributed by atoms with Crippen LogP contribution in [0.1, 0.15) is 24.3 Å². The van der Waals surface area contributed by atoms with Crippen LogP contribution in [0.5, 0.6) is 0 Å². The highest BCUT2D eigenvalue weighted by Crippen LogP contribution is 2.57. The number of hydrogen-bond acceptors (Lipinski definition) is 11. The normalized spacial score (nSPS) is 31.8. The van der Waals surface area contributed by atoms with E-state index in [1.807, 2.05) is 0 Å². The Hall–Kier alpha value is -2.35. The number of aliphatic hydroxyl groups is 2. The predicted molar refractivity (Wildman–Crippen MR) is 118 cm³/mol. The van der Waals surface area contributed by atoms with Gasteiger partial charge in [0.25, 0.3) is 5.56 Å². The lowest BCUT2D eigenvalue weighted by atomic mass is 10.1. The van der Waals surface area contributed by atoms with E-state index in [0.717, 1.165) is 5.56 Å². The molecule has 2 saturated heterocycles. The number of aliphatic hydroxyl groups excluding tert-OH is 2. The van der Waals surface area contributed by atoms with Gasteiger partial charge in [0.15, 0.2) is 17.4 Å². The summed E-state index contributed by atoms with van der Waals surface area (Å²) >= 11 is 6.03. The van der Waals surface area contributed by atoms with Gasteiger partial charge in [-0.1, -0.05) is 23.7 Å². The largest absolute Gasteiger partial charge is 0.475 e. The summed E-state index contributed by atoms with van der Waals surface area (Å²) in [5.74, 6) is -0.147. The van der Waals surface area contributed by atoms with Crippen molar-refractivity contribution in [2.45, 2.75) is 37.1 Å². The number of ether oxygens (including phenoxy) is 1. The summed E-state index contributed by atoms with van der Waals surface area (Å²) in [4.78, 5) is 22.3. The molecule has 4 heterocycles. The van der Waals surface area contributed by atoms with Crippen LogP contribution in [0, 0.1) is 0 Å². The van der Waals surface area contributed by atoms with Crippen LogP contribution >= 0.6 is 19.4 Å². The molecular weight excluding hydrogens is 493 g/mol. The number of aromatic amines is 1. The van der Waals surface area contributed by atoms with Crippen molar-refractivity contribution in [3.8, 4) is 0 Å². The molecule has 6 atom stereocenters. The number of phosphoric acid groups is 1. The third kappa shape index (κ3) is 4.37. The van der Waals surface area contributed by atoms with Gasteiger partial charge in [-0.3, -0.25) is 27.9 Å². The van der Waals surface area contributed by atoms with E-state index >= 15 is 0 Å². The van der Waals surface area contributed by atoms with Gasteiger partial charge in [0, 0.05) is 11.4 Å². The highest BCUT2D eigenvalue weighted by atomic mass is 35.5. The lowest BCUT2D eigenvalue weighted by Crippen LogP contribution is -2.34. The van der Waals surface area contributed by atoms with Crippen LogP contribution in [0.15, 0.2) is 35.4 Å². The van der Waals surface area contributed by atoms with Crippen LogP contribution < -0.4 is 11.3 Å². The van der Waals surface area contributed by atoms with E-state index in [1.165, 1.54) is 10.9 Å². The molecule has 182 valence electrons. The topological polar surface area (TPSA) is 184 Å². The standard InChI is InChI=1S/C19H21ClN5O8P/c20-10-3-1-2-9(6-10)11-4-5-30-34(29,33-11)31-7-12-14(26)15(27)18(32-12)25-8-22-13-16(25)23-19(21)24-17(13)28/h1-3,6,8,11-12,14-15,18,26-27H,4-5,7H2,(H3,21,23,24,28)/t11-,12+,14+,15+,18+,34?/m0/s1. The van der Waals surface area contributed by atoms with Gasteiger partial charge in [-0.25, -0.2) is 9.55 Å². The number of nitrogen functional groups attached to an aromatic ring is 1. The molecule has 3 aromatic rings. The molecule has 1 unspecified atom stereocenters. The Labute approximate surface area is 197 Å². The number of halogens is 1. The van der Waals surface area contributed by atoms with E-state index in [2.05, 4.69) is 15.0 Å². The number of nitrogens with one attached hydrogen (secondary N) is 1. The third-order valence-electron chi connectivity index (χ3n) is 5.57. The zero-order valence-electron chi connectivity index (χ0n) is 17.5. The van der Waals surface area contributed by atoms with Gasteiger partial charge in [0.2, 0.25) is 5.95 Å². The molecule has 2 aliphatic heterocycles. The van der Waals surface area contributed by atoms with Crippen molar-refractivity contribution < 1.29 is 33.1 Å². The zero-order valence-corrected chi connectivity index (χ0v) is 19.1. The molecule has 13 nitrogen and oxygen atoms in total. The molecule has 0 amide bonds. The van der Waals surface area contributed by atoms with Gasteiger partial charge in [0.05, 0.1) is 25.6 Å². The maximum absolute atomic E-state index is 13.0. The van der Waals surface area contributed by atoms with Crippen LogP contribution in [0.3, 0.4) is 0 Å². The average Bonchev–Trinajstić information content (AvgIpc) is 3.34. The molecule has 0 spiro atoms. The minimum Gasteiger partial charge on any atom is -0.387 e. The molecule has 2 aliphatic rings. The Morgan fingerprint density at radius 2 is 2.18 bits per heavy atom. The Kier molecular flexibility index (Phi) is 6.21. The summed E-state index contributed by atoms with van der Waals surface area (Å²) in [7, 11) is -3.99. The van der Waals surface area contributed by atoms with Crippen LogP contribution in [0.4, 0.5) is 5.95 Å². The first-order chi connectivity index (χ1) is 16.2. The van der Waals surface area contributed by atoms with Gasteiger partial charge in [0.1, 0.15) is 18.3 Å². The van der Waals surface area contributed by atoms with Crippen molar-refractivity contribution in [1.82, 2.24) is 19.5 Å². The number of hydrogen-bond donors (Lipinski definition) is 4. The molecule has 0 bridgehead atoms. The van der Waals surface area contributed by atoms with Crippen LogP contribution in [0.2, 0.25) is 5.02 Å². The van der Waals surface area contributed by atoms with E-state index in [1.54, 1.807) is 24.3 Å². The fourth-order valence-corrected chi connectivity index (χ4v) is 5.50. The van der Waals surface area contributed by atoms with Crippen LogP contribution in [0.25, 0.3) is 11.2 Å². The Morgan fingerprint density at radius 3 is 2.97 bits per heavy atom. The monoisotopic (exact) mass is 513 g/mol. The van der Waals surface area contributed by atoms with Crippen molar-refractivity contribution in [3.05, 3.63) is 51.5 Å². The predicted octanol–water partition coefficient (Wildman–Crippen LogP) is 1.28. The summed E-state index contributed by atoms with van der Waals surface area (Å²) in [5, 5.41) is 21.6. The second-order valence-corrected chi connectivity index (χ2v) is 9.89. The summed E-state index contributed by atoms with van der Waals surface area (Å²) in [5.41, 5.74) is 5.81. The smallest absolute Gasteiger partial charge is 0.387 e. The number of rotatable bonds is 5. The molecule has 0 aliphatic carbocycles. The van der Waals surface area contributed by atoms with Crippen molar-refractivity contribution >= 4 is 36.5 Å². The van der Waals surface area contributed by atoms with Gasteiger partial charge in [-0.15, -0.1) is 0 Å². The van der Waals surface area contributed by atoms with Crippen molar-refractivity contribution in [1.29, 1.82) is 0 Å². The minimum absolute atomic E-state index is 0.0142. The third-order valence-corrected chi connectivity index (χ3v) is 7.28. The molecule has 34 heavy (non-hydrogen) atoms. The second kappa shape index (κ2) is 9.02. The number of benzene rings is 1. The lowest BCUT2D eigenvalue weighted by Gasteiger charge is -2.29. The fourth-order valence-electron chi connectivity index (χ4n) is 3.90. The maximum atomic E-state index is 13.0. The highest BCUT2D eigenvalue weighted by molar-refractivity contribution is 7.48. The molecule has 2 fully saturated rings.